The number of rotatable bonds is 4. The number of nitrogens with zero attached hydrogens (tertiary/aromatic N) is 3. The maximum Gasteiger partial charge on any atom is 0.403 e. The Balaban J connectivity index is 1.39. The summed E-state index contributed by atoms with van der Waals surface area (Å²) in [5.74, 6) is -0.383. The van der Waals surface area contributed by atoms with Gasteiger partial charge in [-0.05, 0) is 38.3 Å². The average molecular weight is 470 g/mol. The van der Waals surface area contributed by atoms with E-state index in [-0.39, 0.29) is 32.0 Å². The number of aromatic amines is 1. The van der Waals surface area contributed by atoms with Crippen molar-refractivity contribution in [3.05, 3.63) is 41.7 Å². The fourth-order valence-corrected chi connectivity index (χ4v) is 5.17. The molecular formula is C24H25F3N6O. The summed E-state index contributed by atoms with van der Waals surface area (Å²) in [4.78, 5) is 27.1. The van der Waals surface area contributed by atoms with E-state index < -0.39 is 17.5 Å². The molecule has 4 heterocycles. The van der Waals surface area contributed by atoms with Crippen molar-refractivity contribution in [1.29, 1.82) is 0 Å². The first kappa shape index (κ1) is 21.4. The molecule has 0 bridgehead atoms. The zero-order valence-electron chi connectivity index (χ0n) is 18.5. The van der Waals surface area contributed by atoms with E-state index in [4.69, 9.17) is 4.98 Å². The number of hydrogen-bond donors (Lipinski definition) is 3. The summed E-state index contributed by atoms with van der Waals surface area (Å²) in [6.45, 7) is 1.98. The molecule has 7 nitrogen and oxygen atoms in total. The summed E-state index contributed by atoms with van der Waals surface area (Å²) in [5, 5.41) is 7.69. The minimum atomic E-state index is -4.52. The highest BCUT2D eigenvalue weighted by atomic mass is 19.4. The lowest BCUT2D eigenvalue weighted by atomic mass is 9.96. The van der Waals surface area contributed by atoms with Crippen molar-refractivity contribution in [3.63, 3.8) is 0 Å². The SMILES string of the molecule is O=C(N1CCc2c(nc(NC3CCNC3)nc2-c2c[nH]c3ccccc23)C1)C1(C(F)(F)F)CC1. The molecule has 10 heteroatoms. The second kappa shape index (κ2) is 7.69. The lowest BCUT2D eigenvalue weighted by molar-refractivity contribution is -0.199. The Morgan fingerprint density at radius 1 is 1.21 bits per heavy atom. The summed E-state index contributed by atoms with van der Waals surface area (Å²) in [6.07, 6.45) is -1.53. The van der Waals surface area contributed by atoms with E-state index in [1.54, 1.807) is 0 Å². The molecule has 3 aromatic rings. The van der Waals surface area contributed by atoms with Gasteiger partial charge in [0.15, 0.2) is 0 Å². The fraction of sp³-hybridized carbons (Fsp3) is 0.458. The summed E-state index contributed by atoms with van der Waals surface area (Å²) < 4.78 is 40.8. The molecule has 1 amide bonds. The number of hydrogen-bond acceptors (Lipinski definition) is 5. The first-order valence-electron chi connectivity index (χ1n) is 11.7. The summed E-state index contributed by atoms with van der Waals surface area (Å²) >= 11 is 0. The lowest BCUT2D eigenvalue weighted by Gasteiger charge is -2.33. The van der Waals surface area contributed by atoms with Gasteiger partial charge in [-0.3, -0.25) is 4.79 Å². The Morgan fingerprint density at radius 3 is 2.76 bits per heavy atom. The molecule has 2 aliphatic heterocycles. The van der Waals surface area contributed by atoms with E-state index in [0.29, 0.717) is 18.1 Å². The van der Waals surface area contributed by atoms with Crippen LogP contribution in [0.1, 0.15) is 30.5 Å². The molecule has 1 saturated carbocycles. The molecule has 2 fully saturated rings. The first-order chi connectivity index (χ1) is 16.4. The van der Waals surface area contributed by atoms with Gasteiger partial charge in [-0.15, -0.1) is 0 Å². The van der Waals surface area contributed by atoms with Gasteiger partial charge in [0.1, 0.15) is 5.41 Å². The number of carbonyl (C=O) groups is 1. The lowest BCUT2D eigenvalue weighted by Crippen LogP contribution is -2.46. The van der Waals surface area contributed by atoms with Gasteiger partial charge in [-0.1, -0.05) is 18.2 Å². The number of H-pyrrole nitrogens is 1. The molecule has 3 N–H and O–H groups in total. The number of alkyl halides is 3. The van der Waals surface area contributed by atoms with Crippen LogP contribution in [0.3, 0.4) is 0 Å². The first-order valence-corrected chi connectivity index (χ1v) is 11.7. The normalized spacial score (nSPS) is 21.5. The molecule has 0 spiro atoms. The van der Waals surface area contributed by atoms with E-state index >= 15 is 0 Å². The Labute approximate surface area is 194 Å². The highest BCUT2D eigenvalue weighted by molar-refractivity contribution is 5.95. The maximum absolute atomic E-state index is 13.6. The third-order valence-electron chi connectivity index (χ3n) is 7.29. The van der Waals surface area contributed by atoms with E-state index in [2.05, 4.69) is 20.6 Å². The minimum Gasteiger partial charge on any atom is -0.360 e. The van der Waals surface area contributed by atoms with Crippen molar-refractivity contribution in [3.8, 4) is 11.3 Å². The molecule has 6 rings (SSSR count). The summed E-state index contributed by atoms with van der Waals surface area (Å²) in [6, 6.07) is 8.10. The molecule has 1 saturated heterocycles. The van der Waals surface area contributed by atoms with Gasteiger partial charge in [0.2, 0.25) is 11.9 Å². The summed E-state index contributed by atoms with van der Waals surface area (Å²) in [5.41, 5.74) is 1.96. The van der Waals surface area contributed by atoms with Crippen LogP contribution in [-0.2, 0) is 17.8 Å². The van der Waals surface area contributed by atoms with Crippen molar-refractivity contribution < 1.29 is 18.0 Å². The molecule has 1 aromatic carbocycles. The molecule has 2 aromatic heterocycles. The smallest absolute Gasteiger partial charge is 0.360 e. The van der Waals surface area contributed by atoms with Crippen LogP contribution in [0.2, 0.25) is 0 Å². The van der Waals surface area contributed by atoms with E-state index in [0.717, 1.165) is 47.2 Å². The number of anilines is 1. The van der Waals surface area contributed by atoms with Crippen LogP contribution in [0.15, 0.2) is 30.5 Å². The molecule has 178 valence electrons. The van der Waals surface area contributed by atoms with E-state index in [1.165, 1.54) is 4.90 Å². The molecule has 34 heavy (non-hydrogen) atoms. The quantitative estimate of drug-likeness (QED) is 0.542. The molecule has 1 unspecified atom stereocenters. The number of amides is 1. The zero-order chi connectivity index (χ0) is 23.5. The molecule has 0 radical (unpaired) electrons. The summed E-state index contributed by atoms with van der Waals surface area (Å²) in [7, 11) is 0. The van der Waals surface area contributed by atoms with Gasteiger partial charge in [0, 0.05) is 47.4 Å². The van der Waals surface area contributed by atoms with Crippen molar-refractivity contribution >= 4 is 22.8 Å². The number of fused-ring (bicyclic) bond motifs is 2. The van der Waals surface area contributed by atoms with Crippen LogP contribution in [0.4, 0.5) is 19.1 Å². The van der Waals surface area contributed by atoms with Crippen molar-refractivity contribution in [1.82, 2.24) is 25.2 Å². The Morgan fingerprint density at radius 2 is 2.03 bits per heavy atom. The van der Waals surface area contributed by atoms with Gasteiger partial charge >= 0.3 is 6.18 Å². The van der Waals surface area contributed by atoms with E-state index in [9.17, 15) is 18.0 Å². The van der Waals surface area contributed by atoms with Gasteiger partial charge in [-0.2, -0.15) is 13.2 Å². The molecule has 1 atom stereocenters. The second-order valence-electron chi connectivity index (χ2n) is 9.46. The van der Waals surface area contributed by atoms with Gasteiger partial charge in [0.05, 0.1) is 17.9 Å². The topological polar surface area (TPSA) is 85.9 Å². The number of halogens is 3. The highest BCUT2D eigenvalue weighted by Crippen LogP contribution is 2.59. The van der Waals surface area contributed by atoms with Crippen LogP contribution < -0.4 is 10.6 Å². The monoisotopic (exact) mass is 470 g/mol. The maximum atomic E-state index is 13.6. The Kier molecular flexibility index (Phi) is 4.84. The Bertz CT molecular complexity index is 1260. The van der Waals surface area contributed by atoms with Crippen molar-refractivity contribution in [2.45, 2.75) is 44.4 Å². The number of benzene rings is 1. The highest BCUT2D eigenvalue weighted by Gasteiger charge is 2.69. The molecular weight excluding hydrogens is 445 g/mol. The largest absolute Gasteiger partial charge is 0.403 e. The molecule has 1 aliphatic carbocycles. The van der Waals surface area contributed by atoms with E-state index in [1.807, 2.05) is 30.5 Å². The standard InChI is InChI=1S/C24H25F3N6O/c25-24(26,27)23(7-8-23)21(34)33-10-6-16-19(13-33)31-22(30-14-5-9-28-11-14)32-20(16)17-12-29-18-4-2-1-3-15(17)18/h1-4,12,14,28-29H,5-11,13H2,(H,30,31,32). The number of nitrogens with one attached hydrogen (secondary N) is 3. The van der Waals surface area contributed by atoms with Crippen molar-refractivity contribution in [2.24, 2.45) is 5.41 Å². The van der Waals surface area contributed by atoms with Crippen LogP contribution in [0.5, 0.6) is 0 Å². The van der Waals surface area contributed by atoms with Crippen molar-refractivity contribution in [2.75, 3.05) is 25.0 Å². The Hall–Kier alpha value is -3.14. The number of carbonyl (C=O) groups excluding carboxylic acids is 1. The minimum absolute atomic E-state index is 0.0570. The third-order valence-corrected chi connectivity index (χ3v) is 7.29. The van der Waals surface area contributed by atoms with Crippen LogP contribution in [-0.4, -0.2) is 57.6 Å². The third kappa shape index (κ3) is 3.43. The van der Waals surface area contributed by atoms with Gasteiger partial charge < -0.3 is 20.5 Å². The second-order valence-corrected chi connectivity index (χ2v) is 9.46. The number of para-hydroxylation sites is 1. The molecule has 3 aliphatic rings. The predicted molar refractivity (Wildman–Crippen MR) is 121 cm³/mol. The van der Waals surface area contributed by atoms with Gasteiger partial charge in [0.25, 0.3) is 0 Å². The zero-order valence-corrected chi connectivity index (χ0v) is 18.5. The van der Waals surface area contributed by atoms with Gasteiger partial charge in [-0.25, -0.2) is 9.97 Å². The average Bonchev–Trinajstić information content (AvgIpc) is 3.30. The van der Waals surface area contributed by atoms with Crippen LogP contribution in [0.25, 0.3) is 22.2 Å². The van der Waals surface area contributed by atoms with Crippen LogP contribution >= 0.6 is 0 Å². The fourth-order valence-electron chi connectivity index (χ4n) is 5.17. The number of aromatic nitrogens is 3. The predicted octanol–water partition coefficient (Wildman–Crippen LogP) is 3.63. The van der Waals surface area contributed by atoms with Crippen LogP contribution in [0, 0.1) is 5.41 Å².